The highest BCUT2D eigenvalue weighted by Gasteiger charge is 2.32. The van der Waals surface area contributed by atoms with Gasteiger partial charge in [-0.1, -0.05) is 66.7 Å². The molecular formula is C25H21N3O. The monoisotopic (exact) mass is 379 g/mol. The first kappa shape index (κ1) is 17.3. The summed E-state index contributed by atoms with van der Waals surface area (Å²) in [6, 6.07) is 31.9. The summed E-state index contributed by atoms with van der Waals surface area (Å²) >= 11 is 0. The summed E-state index contributed by atoms with van der Waals surface area (Å²) in [6.07, 6.45) is 2.07. The molecule has 0 aliphatic carbocycles. The van der Waals surface area contributed by atoms with E-state index in [1.165, 1.54) is 0 Å². The van der Waals surface area contributed by atoms with Gasteiger partial charge < -0.3 is 14.8 Å². The normalized spacial score (nSPS) is 15.2. The number of anilines is 1. The Morgan fingerprint density at radius 3 is 2.28 bits per heavy atom. The van der Waals surface area contributed by atoms with Crippen molar-refractivity contribution < 1.29 is 4.79 Å². The lowest BCUT2D eigenvalue weighted by Crippen LogP contribution is -2.37. The molecule has 0 saturated carbocycles. The van der Waals surface area contributed by atoms with Crippen LogP contribution in [-0.4, -0.2) is 15.5 Å². The van der Waals surface area contributed by atoms with Gasteiger partial charge in [0, 0.05) is 17.6 Å². The summed E-state index contributed by atoms with van der Waals surface area (Å²) < 4.78 is 2.20. The highest BCUT2D eigenvalue weighted by molar-refractivity contribution is 5.90. The molecule has 3 aromatic carbocycles. The highest BCUT2D eigenvalue weighted by Crippen LogP contribution is 2.36. The van der Waals surface area contributed by atoms with Crippen LogP contribution in [0, 0.1) is 0 Å². The summed E-state index contributed by atoms with van der Waals surface area (Å²) in [7, 11) is 0. The van der Waals surface area contributed by atoms with E-state index in [-0.39, 0.29) is 12.1 Å². The van der Waals surface area contributed by atoms with Crippen LogP contribution in [0.25, 0.3) is 5.69 Å². The fourth-order valence-electron chi connectivity index (χ4n) is 4.04. The number of rotatable bonds is 2. The van der Waals surface area contributed by atoms with Gasteiger partial charge in [-0.05, 0) is 41.5 Å². The van der Waals surface area contributed by atoms with Crippen LogP contribution in [0.5, 0.6) is 0 Å². The van der Waals surface area contributed by atoms with Gasteiger partial charge in [0.25, 0.3) is 0 Å². The van der Waals surface area contributed by atoms with Crippen molar-refractivity contribution in [2.75, 3.05) is 5.32 Å². The second-order valence-electron chi connectivity index (χ2n) is 7.17. The fraction of sp³-hybridized carbons (Fsp3) is 0.0800. The Balaban J connectivity index is 1.64. The molecule has 0 fully saturated rings. The molecule has 0 bridgehead atoms. The molecule has 4 nitrogen and oxygen atoms in total. The van der Waals surface area contributed by atoms with Crippen molar-refractivity contribution in [1.29, 1.82) is 0 Å². The molecule has 142 valence electrons. The van der Waals surface area contributed by atoms with E-state index < -0.39 is 0 Å². The molecule has 5 rings (SSSR count). The van der Waals surface area contributed by atoms with Crippen LogP contribution in [0.4, 0.5) is 10.5 Å². The largest absolute Gasteiger partial charge is 0.322 e. The topological polar surface area (TPSA) is 37.3 Å². The number of hydrogen-bond acceptors (Lipinski definition) is 1. The molecule has 1 unspecified atom stereocenters. The number of fused-ring (bicyclic) bond motifs is 3. The van der Waals surface area contributed by atoms with E-state index >= 15 is 0 Å². The van der Waals surface area contributed by atoms with Crippen LogP contribution in [0.15, 0.2) is 103 Å². The molecule has 1 N–H and O–H groups in total. The minimum absolute atomic E-state index is 0.116. The van der Waals surface area contributed by atoms with Crippen LogP contribution < -0.4 is 5.32 Å². The molecule has 29 heavy (non-hydrogen) atoms. The van der Waals surface area contributed by atoms with Gasteiger partial charge in [0.05, 0.1) is 18.3 Å². The maximum absolute atomic E-state index is 13.5. The molecule has 1 aromatic heterocycles. The minimum atomic E-state index is -0.192. The first-order valence-electron chi connectivity index (χ1n) is 9.74. The third-order valence-corrected chi connectivity index (χ3v) is 5.37. The number of nitrogens with zero attached hydrogens (tertiary/aromatic N) is 2. The molecule has 0 radical (unpaired) electrons. The molecule has 4 heteroatoms. The Bertz CT molecular complexity index is 1130. The van der Waals surface area contributed by atoms with Crippen LogP contribution in [-0.2, 0) is 6.54 Å². The maximum atomic E-state index is 13.5. The number of benzene rings is 3. The lowest BCUT2D eigenvalue weighted by atomic mass is 10.0. The van der Waals surface area contributed by atoms with E-state index in [1.54, 1.807) is 0 Å². The zero-order valence-electron chi connectivity index (χ0n) is 15.9. The molecule has 1 atom stereocenters. The van der Waals surface area contributed by atoms with Crippen molar-refractivity contribution in [1.82, 2.24) is 9.47 Å². The van der Waals surface area contributed by atoms with E-state index in [9.17, 15) is 4.79 Å². The van der Waals surface area contributed by atoms with Crippen molar-refractivity contribution in [3.8, 4) is 5.69 Å². The molecule has 1 aliphatic heterocycles. The van der Waals surface area contributed by atoms with Crippen molar-refractivity contribution >= 4 is 11.7 Å². The highest BCUT2D eigenvalue weighted by atomic mass is 16.2. The average Bonchev–Trinajstić information content (AvgIpc) is 3.19. The SMILES string of the molecule is O=C(Nc1ccccc1)N1Cc2ccccc2-n2cccc2C1c1ccccc1. The summed E-state index contributed by atoms with van der Waals surface area (Å²) in [5.41, 5.74) is 5.18. The zero-order valence-corrected chi connectivity index (χ0v) is 15.9. The van der Waals surface area contributed by atoms with Gasteiger partial charge >= 0.3 is 6.03 Å². The molecular weight excluding hydrogens is 358 g/mol. The smallest absolute Gasteiger partial charge is 0.318 e. The van der Waals surface area contributed by atoms with E-state index in [4.69, 9.17) is 0 Å². The van der Waals surface area contributed by atoms with E-state index in [0.717, 1.165) is 28.2 Å². The van der Waals surface area contributed by atoms with Gasteiger partial charge in [-0.25, -0.2) is 4.79 Å². The van der Waals surface area contributed by atoms with Crippen molar-refractivity contribution in [3.05, 3.63) is 120 Å². The molecule has 0 saturated heterocycles. The molecule has 2 heterocycles. The van der Waals surface area contributed by atoms with E-state index in [0.29, 0.717) is 6.54 Å². The Morgan fingerprint density at radius 1 is 0.793 bits per heavy atom. The van der Waals surface area contributed by atoms with Crippen LogP contribution in [0.3, 0.4) is 0 Å². The first-order chi connectivity index (χ1) is 14.3. The predicted molar refractivity (Wildman–Crippen MR) is 115 cm³/mol. The minimum Gasteiger partial charge on any atom is -0.318 e. The molecule has 0 spiro atoms. The Labute approximate surface area is 170 Å². The number of nitrogens with one attached hydrogen (secondary N) is 1. The Hall–Kier alpha value is -3.79. The second-order valence-corrected chi connectivity index (χ2v) is 7.17. The standard InChI is InChI=1S/C25H21N3O/c29-25(26-21-13-5-2-6-14-21)28-18-20-12-7-8-15-22(20)27-17-9-16-23(27)24(28)19-10-3-1-4-11-19/h1-17,24H,18H2,(H,26,29). The summed E-state index contributed by atoms with van der Waals surface area (Å²) in [4.78, 5) is 15.4. The van der Waals surface area contributed by atoms with Gasteiger partial charge in [0.2, 0.25) is 0 Å². The summed E-state index contributed by atoms with van der Waals surface area (Å²) in [5.74, 6) is 0. The van der Waals surface area contributed by atoms with Gasteiger partial charge in [-0.15, -0.1) is 0 Å². The molecule has 4 aromatic rings. The van der Waals surface area contributed by atoms with Crippen molar-refractivity contribution in [3.63, 3.8) is 0 Å². The first-order valence-corrected chi connectivity index (χ1v) is 9.74. The van der Waals surface area contributed by atoms with Crippen LogP contribution in [0.1, 0.15) is 22.9 Å². The quantitative estimate of drug-likeness (QED) is 0.483. The van der Waals surface area contributed by atoms with E-state index in [2.05, 4.69) is 46.4 Å². The Morgan fingerprint density at radius 2 is 1.48 bits per heavy atom. The lowest BCUT2D eigenvalue weighted by molar-refractivity contribution is 0.194. The number of urea groups is 1. The van der Waals surface area contributed by atoms with Crippen LogP contribution in [0.2, 0.25) is 0 Å². The number of hydrogen-bond donors (Lipinski definition) is 1. The van der Waals surface area contributed by atoms with Gasteiger partial charge in [-0.3, -0.25) is 0 Å². The summed E-state index contributed by atoms with van der Waals surface area (Å²) in [6.45, 7) is 0.524. The predicted octanol–water partition coefficient (Wildman–Crippen LogP) is 5.61. The number of aromatic nitrogens is 1. The van der Waals surface area contributed by atoms with Gasteiger partial charge in [-0.2, -0.15) is 0 Å². The zero-order chi connectivity index (χ0) is 19.6. The third kappa shape index (κ3) is 3.19. The average molecular weight is 379 g/mol. The third-order valence-electron chi connectivity index (χ3n) is 5.37. The molecule has 2 amide bonds. The summed E-state index contributed by atoms with van der Waals surface area (Å²) in [5, 5.41) is 3.07. The van der Waals surface area contributed by atoms with Crippen molar-refractivity contribution in [2.24, 2.45) is 0 Å². The maximum Gasteiger partial charge on any atom is 0.322 e. The van der Waals surface area contributed by atoms with Crippen LogP contribution >= 0.6 is 0 Å². The lowest BCUT2D eigenvalue weighted by Gasteiger charge is -2.31. The van der Waals surface area contributed by atoms with E-state index in [1.807, 2.05) is 71.6 Å². The number of amides is 2. The second kappa shape index (κ2) is 7.32. The van der Waals surface area contributed by atoms with Gasteiger partial charge in [0.15, 0.2) is 0 Å². The van der Waals surface area contributed by atoms with Gasteiger partial charge in [0.1, 0.15) is 0 Å². The number of para-hydroxylation sites is 2. The fourth-order valence-corrected chi connectivity index (χ4v) is 4.04. The Kier molecular flexibility index (Phi) is 4.37. The molecule has 1 aliphatic rings. The number of carbonyl (C=O) groups is 1. The number of carbonyl (C=O) groups excluding carboxylic acids is 1. The van der Waals surface area contributed by atoms with Crippen molar-refractivity contribution in [2.45, 2.75) is 12.6 Å².